The quantitative estimate of drug-likeness (QED) is 0.847. The van der Waals surface area contributed by atoms with E-state index in [9.17, 15) is 4.79 Å². The zero-order valence-corrected chi connectivity index (χ0v) is 14.4. The molecule has 0 aliphatic carbocycles. The Labute approximate surface area is 129 Å². The largest absolute Gasteiger partial charge is 0.336 e. The number of likely N-dealkylation sites (N-methyl/N-ethyl adjacent to an activating group) is 1. The first-order valence-corrected chi connectivity index (χ1v) is 7.96. The van der Waals surface area contributed by atoms with Crippen molar-refractivity contribution in [3.63, 3.8) is 0 Å². The van der Waals surface area contributed by atoms with Gasteiger partial charge in [0.15, 0.2) is 0 Å². The van der Waals surface area contributed by atoms with E-state index in [1.165, 1.54) is 0 Å². The molecule has 1 aromatic carbocycles. The SMILES string of the molecule is CC.CN(C)C(C(=O)N1CCCC1(C)C)c1ccccc1. The van der Waals surface area contributed by atoms with Gasteiger partial charge in [-0.2, -0.15) is 0 Å². The van der Waals surface area contributed by atoms with E-state index in [0.29, 0.717) is 0 Å². The minimum atomic E-state index is -0.182. The molecule has 1 amide bonds. The number of carbonyl (C=O) groups is 1. The van der Waals surface area contributed by atoms with Gasteiger partial charge in [0.2, 0.25) is 5.91 Å². The van der Waals surface area contributed by atoms with Gasteiger partial charge in [0.25, 0.3) is 0 Å². The smallest absolute Gasteiger partial charge is 0.244 e. The fourth-order valence-electron chi connectivity index (χ4n) is 2.96. The van der Waals surface area contributed by atoms with Gasteiger partial charge in [0.1, 0.15) is 6.04 Å². The van der Waals surface area contributed by atoms with E-state index in [2.05, 4.69) is 13.8 Å². The van der Waals surface area contributed by atoms with E-state index in [1.54, 1.807) is 0 Å². The molecule has 0 bridgehead atoms. The lowest BCUT2D eigenvalue weighted by molar-refractivity contribution is -0.139. The van der Waals surface area contributed by atoms with E-state index in [-0.39, 0.29) is 17.5 Å². The fraction of sp³-hybridized carbons (Fsp3) is 0.611. The van der Waals surface area contributed by atoms with Gasteiger partial charge in [-0.3, -0.25) is 9.69 Å². The molecule has 1 aliphatic heterocycles. The summed E-state index contributed by atoms with van der Waals surface area (Å²) in [5.41, 5.74) is 1.06. The molecule has 1 fully saturated rings. The summed E-state index contributed by atoms with van der Waals surface area (Å²) in [6, 6.07) is 9.86. The highest BCUT2D eigenvalue weighted by molar-refractivity contribution is 5.84. The van der Waals surface area contributed by atoms with Gasteiger partial charge in [-0.15, -0.1) is 0 Å². The standard InChI is InChI=1S/C16H24N2O.C2H6/c1-16(2)11-8-12-18(16)15(19)14(17(3)4)13-9-6-5-7-10-13;1-2/h5-7,9-10,14H,8,11-12H2,1-4H3;1-2H3. The van der Waals surface area contributed by atoms with E-state index < -0.39 is 0 Å². The summed E-state index contributed by atoms with van der Waals surface area (Å²) in [5.74, 6) is 0.221. The number of hydrogen-bond acceptors (Lipinski definition) is 2. The number of nitrogens with zero attached hydrogens (tertiary/aromatic N) is 2. The second-order valence-electron chi connectivity index (χ2n) is 6.18. The van der Waals surface area contributed by atoms with Crippen LogP contribution in [-0.4, -0.2) is 41.9 Å². The Balaban J connectivity index is 0.00000106. The molecular weight excluding hydrogens is 260 g/mol. The number of likely N-dealkylation sites (tertiary alicyclic amines) is 1. The summed E-state index contributed by atoms with van der Waals surface area (Å²) in [6.45, 7) is 9.20. The van der Waals surface area contributed by atoms with Crippen LogP contribution in [0.1, 0.15) is 52.1 Å². The third-order valence-corrected chi connectivity index (χ3v) is 4.03. The van der Waals surface area contributed by atoms with Crippen molar-refractivity contribution in [2.24, 2.45) is 0 Å². The van der Waals surface area contributed by atoms with Gasteiger partial charge in [0, 0.05) is 12.1 Å². The number of carbonyl (C=O) groups excluding carboxylic acids is 1. The van der Waals surface area contributed by atoms with E-state index in [0.717, 1.165) is 24.9 Å². The van der Waals surface area contributed by atoms with Crippen LogP contribution in [0.5, 0.6) is 0 Å². The molecule has 0 radical (unpaired) electrons. The van der Waals surface area contributed by atoms with Crippen molar-refractivity contribution in [2.75, 3.05) is 20.6 Å². The highest BCUT2D eigenvalue weighted by Gasteiger charge is 2.39. The second-order valence-corrected chi connectivity index (χ2v) is 6.18. The summed E-state index contributed by atoms with van der Waals surface area (Å²) in [5, 5.41) is 0. The Bertz CT molecular complexity index is 440. The monoisotopic (exact) mass is 290 g/mol. The fourth-order valence-corrected chi connectivity index (χ4v) is 2.96. The van der Waals surface area contributed by atoms with Gasteiger partial charge >= 0.3 is 0 Å². The predicted octanol–water partition coefficient (Wildman–Crippen LogP) is 3.72. The molecule has 0 saturated carbocycles. The molecule has 0 spiro atoms. The van der Waals surface area contributed by atoms with Crippen molar-refractivity contribution < 1.29 is 4.79 Å². The summed E-state index contributed by atoms with van der Waals surface area (Å²) in [6.07, 6.45) is 2.20. The molecule has 3 heteroatoms. The molecule has 2 rings (SSSR count). The Morgan fingerprint density at radius 3 is 2.19 bits per heavy atom. The molecule has 118 valence electrons. The minimum absolute atomic E-state index is 0.0138. The van der Waals surface area contributed by atoms with Crippen molar-refractivity contribution in [2.45, 2.75) is 52.1 Å². The molecule has 1 unspecified atom stereocenters. The van der Waals surface area contributed by atoms with Crippen LogP contribution in [0.15, 0.2) is 30.3 Å². The Morgan fingerprint density at radius 2 is 1.76 bits per heavy atom. The zero-order chi connectivity index (χ0) is 16.0. The number of hydrogen-bond donors (Lipinski definition) is 0. The minimum Gasteiger partial charge on any atom is -0.336 e. The molecule has 1 atom stereocenters. The van der Waals surface area contributed by atoms with Crippen LogP contribution in [0.3, 0.4) is 0 Å². The average molecular weight is 290 g/mol. The third kappa shape index (κ3) is 4.07. The highest BCUT2D eigenvalue weighted by atomic mass is 16.2. The molecule has 0 N–H and O–H groups in total. The van der Waals surface area contributed by atoms with Crippen LogP contribution < -0.4 is 0 Å². The summed E-state index contributed by atoms with van der Waals surface area (Å²) < 4.78 is 0. The van der Waals surface area contributed by atoms with Crippen LogP contribution in [0, 0.1) is 0 Å². The van der Waals surface area contributed by atoms with Crippen molar-refractivity contribution in [1.82, 2.24) is 9.80 Å². The number of rotatable bonds is 3. The van der Waals surface area contributed by atoms with E-state index in [1.807, 2.05) is 68.1 Å². The van der Waals surface area contributed by atoms with E-state index in [4.69, 9.17) is 0 Å². The summed E-state index contributed by atoms with van der Waals surface area (Å²) in [4.78, 5) is 16.9. The topological polar surface area (TPSA) is 23.6 Å². The van der Waals surface area contributed by atoms with Crippen LogP contribution in [0.4, 0.5) is 0 Å². The van der Waals surface area contributed by atoms with Gasteiger partial charge in [-0.25, -0.2) is 0 Å². The average Bonchev–Trinajstić information content (AvgIpc) is 2.81. The van der Waals surface area contributed by atoms with Crippen molar-refractivity contribution >= 4 is 5.91 Å². The van der Waals surface area contributed by atoms with E-state index >= 15 is 0 Å². The molecule has 0 aromatic heterocycles. The first kappa shape index (κ1) is 17.7. The Morgan fingerprint density at radius 1 is 1.19 bits per heavy atom. The van der Waals surface area contributed by atoms with Gasteiger partial charge in [-0.05, 0) is 46.3 Å². The van der Waals surface area contributed by atoms with Gasteiger partial charge in [0.05, 0.1) is 0 Å². The van der Waals surface area contributed by atoms with Crippen LogP contribution in [0.2, 0.25) is 0 Å². The molecule has 1 aromatic rings. The highest BCUT2D eigenvalue weighted by Crippen LogP contribution is 2.32. The maximum atomic E-state index is 12.9. The van der Waals surface area contributed by atoms with Crippen molar-refractivity contribution in [3.8, 4) is 0 Å². The lowest BCUT2D eigenvalue weighted by Crippen LogP contribution is -2.47. The predicted molar refractivity (Wildman–Crippen MR) is 89.2 cm³/mol. The van der Waals surface area contributed by atoms with Gasteiger partial charge in [-0.1, -0.05) is 44.2 Å². The lowest BCUT2D eigenvalue weighted by Gasteiger charge is -2.36. The zero-order valence-electron chi connectivity index (χ0n) is 14.4. The Kier molecular flexibility index (Phi) is 6.41. The number of benzene rings is 1. The lowest BCUT2D eigenvalue weighted by atomic mass is 9.99. The molecular formula is C18H30N2O. The molecule has 1 aliphatic rings. The van der Waals surface area contributed by atoms with Crippen LogP contribution in [-0.2, 0) is 4.79 Å². The van der Waals surface area contributed by atoms with Gasteiger partial charge < -0.3 is 4.90 Å². The summed E-state index contributed by atoms with van der Waals surface area (Å²) in [7, 11) is 3.94. The van der Waals surface area contributed by atoms with Crippen molar-refractivity contribution in [3.05, 3.63) is 35.9 Å². The van der Waals surface area contributed by atoms with Crippen molar-refractivity contribution in [1.29, 1.82) is 0 Å². The van der Waals surface area contributed by atoms with Crippen LogP contribution in [0.25, 0.3) is 0 Å². The molecule has 21 heavy (non-hydrogen) atoms. The maximum Gasteiger partial charge on any atom is 0.244 e. The normalized spacial score (nSPS) is 18.1. The maximum absolute atomic E-state index is 12.9. The first-order chi connectivity index (χ1) is 9.93. The second kappa shape index (κ2) is 7.60. The summed E-state index contributed by atoms with van der Waals surface area (Å²) >= 11 is 0. The van der Waals surface area contributed by atoms with Crippen LogP contribution >= 0.6 is 0 Å². The third-order valence-electron chi connectivity index (χ3n) is 4.03. The molecule has 1 saturated heterocycles. The first-order valence-electron chi connectivity index (χ1n) is 7.96. The molecule has 3 nitrogen and oxygen atoms in total. The number of amides is 1. The molecule has 1 heterocycles. The Hall–Kier alpha value is -1.35.